The van der Waals surface area contributed by atoms with E-state index in [1.807, 2.05) is 13.8 Å². The lowest BCUT2D eigenvalue weighted by Crippen LogP contribution is -2.23. The number of ether oxygens (including phenoxy) is 1. The molecule has 0 aromatic carbocycles. The maximum Gasteiger partial charge on any atom is 0.136 e. The van der Waals surface area contributed by atoms with Gasteiger partial charge in [-0.3, -0.25) is 4.79 Å². The van der Waals surface area contributed by atoms with Gasteiger partial charge in [-0.1, -0.05) is 6.08 Å². The number of ketones is 1. The summed E-state index contributed by atoms with van der Waals surface area (Å²) in [7, 11) is 1.66. The van der Waals surface area contributed by atoms with Gasteiger partial charge in [-0.2, -0.15) is 0 Å². The van der Waals surface area contributed by atoms with Crippen LogP contribution >= 0.6 is 0 Å². The molecule has 2 nitrogen and oxygen atoms in total. The molecule has 0 heterocycles. The Hall–Kier alpha value is -0.630. The molecular formula is C10H18O2. The summed E-state index contributed by atoms with van der Waals surface area (Å²) in [6.07, 6.45) is 3.46. The fraction of sp³-hybridized carbons (Fsp3) is 0.700. The maximum atomic E-state index is 11.1. The van der Waals surface area contributed by atoms with Crippen molar-refractivity contribution < 1.29 is 9.53 Å². The molecule has 0 bridgehead atoms. The molecule has 0 aromatic rings. The highest BCUT2D eigenvalue weighted by Gasteiger charge is 2.17. The topological polar surface area (TPSA) is 26.3 Å². The standard InChI is InChI=1S/C10H18O2/c1-5-6-9(11)7-8-10(2,3)12-4/h5H,1,6-8H2,2-4H3. The third-order valence-electron chi connectivity index (χ3n) is 1.93. The second-order valence-electron chi connectivity index (χ2n) is 3.50. The number of methoxy groups -OCH3 is 1. The van der Waals surface area contributed by atoms with E-state index in [2.05, 4.69) is 6.58 Å². The van der Waals surface area contributed by atoms with Crippen LogP contribution in [0.5, 0.6) is 0 Å². The van der Waals surface area contributed by atoms with Gasteiger partial charge >= 0.3 is 0 Å². The number of carbonyl (C=O) groups excluding carboxylic acids is 1. The fourth-order valence-corrected chi connectivity index (χ4v) is 0.806. The normalized spacial score (nSPS) is 11.2. The van der Waals surface area contributed by atoms with Gasteiger partial charge < -0.3 is 4.74 Å². The lowest BCUT2D eigenvalue weighted by molar-refractivity contribution is -0.119. The molecular weight excluding hydrogens is 152 g/mol. The van der Waals surface area contributed by atoms with Crippen molar-refractivity contribution in [2.75, 3.05) is 7.11 Å². The van der Waals surface area contributed by atoms with Crippen molar-refractivity contribution in [1.29, 1.82) is 0 Å². The zero-order chi connectivity index (χ0) is 9.61. The van der Waals surface area contributed by atoms with Crippen molar-refractivity contribution in [2.24, 2.45) is 0 Å². The van der Waals surface area contributed by atoms with E-state index < -0.39 is 0 Å². The SMILES string of the molecule is C=CCC(=O)CCC(C)(C)OC. The van der Waals surface area contributed by atoms with Crippen LogP contribution in [0.2, 0.25) is 0 Å². The van der Waals surface area contributed by atoms with Gasteiger partial charge in [0.25, 0.3) is 0 Å². The molecule has 0 spiro atoms. The smallest absolute Gasteiger partial charge is 0.136 e. The summed E-state index contributed by atoms with van der Waals surface area (Å²) in [4.78, 5) is 11.1. The van der Waals surface area contributed by atoms with E-state index in [0.717, 1.165) is 6.42 Å². The summed E-state index contributed by atoms with van der Waals surface area (Å²) in [5.74, 6) is 0.232. The van der Waals surface area contributed by atoms with Crippen LogP contribution in [0.25, 0.3) is 0 Å². The van der Waals surface area contributed by atoms with E-state index in [0.29, 0.717) is 12.8 Å². The van der Waals surface area contributed by atoms with Crippen LogP contribution in [0.1, 0.15) is 33.1 Å². The first-order valence-electron chi connectivity index (χ1n) is 4.19. The summed E-state index contributed by atoms with van der Waals surface area (Å²) >= 11 is 0. The fourth-order valence-electron chi connectivity index (χ4n) is 0.806. The first-order chi connectivity index (χ1) is 5.52. The third kappa shape index (κ3) is 5.08. The molecule has 0 unspecified atom stereocenters. The van der Waals surface area contributed by atoms with Crippen LogP contribution < -0.4 is 0 Å². The van der Waals surface area contributed by atoms with Crippen molar-refractivity contribution >= 4 is 5.78 Å². The van der Waals surface area contributed by atoms with E-state index in [1.54, 1.807) is 13.2 Å². The van der Waals surface area contributed by atoms with Crippen LogP contribution in [-0.4, -0.2) is 18.5 Å². The van der Waals surface area contributed by atoms with Gasteiger partial charge in [0.1, 0.15) is 5.78 Å². The van der Waals surface area contributed by atoms with Gasteiger partial charge in [0.15, 0.2) is 0 Å². The third-order valence-corrected chi connectivity index (χ3v) is 1.93. The predicted octanol–water partition coefficient (Wildman–Crippen LogP) is 2.34. The summed E-state index contributed by atoms with van der Waals surface area (Å²) in [6.45, 7) is 7.47. The minimum atomic E-state index is -0.184. The van der Waals surface area contributed by atoms with Crippen LogP contribution in [0.15, 0.2) is 12.7 Å². The van der Waals surface area contributed by atoms with E-state index in [4.69, 9.17) is 4.74 Å². The van der Waals surface area contributed by atoms with Crippen LogP contribution in [-0.2, 0) is 9.53 Å². The number of Topliss-reactive ketones (excluding diaryl/α,β-unsaturated/α-hetero) is 1. The molecule has 0 saturated carbocycles. The van der Waals surface area contributed by atoms with Gasteiger partial charge in [0.05, 0.1) is 5.60 Å². The molecule has 0 aliphatic carbocycles. The zero-order valence-corrected chi connectivity index (χ0v) is 8.22. The van der Waals surface area contributed by atoms with E-state index >= 15 is 0 Å². The van der Waals surface area contributed by atoms with Crippen LogP contribution in [0.3, 0.4) is 0 Å². The average Bonchev–Trinajstić information content (AvgIpc) is 2.02. The highest BCUT2D eigenvalue weighted by Crippen LogP contribution is 2.15. The minimum Gasteiger partial charge on any atom is -0.379 e. The molecule has 12 heavy (non-hydrogen) atoms. The molecule has 0 atom stereocenters. The first-order valence-corrected chi connectivity index (χ1v) is 4.19. The minimum absolute atomic E-state index is 0.184. The summed E-state index contributed by atoms with van der Waals surface area (Å²) in [5.41, 5.74) is -0.184. The Balaban J connectivity index is 3.67. The van der Waals surface area contributed by atoms with Gasteiger partial charge in [-0.15, -0.1) is 6.58 Å². The second kappa shape index (κ2) is 5.09. The molecule has 0 aliphatic rings. The molecule has 0 radical (unpaired) electrons. The van der Waals surface area contributed by atoms with E-state index in [1.165, 1.54) is 0 Å². The highest BCUT2D eigenvalue weighted by atomic mass is 16.5. The average molecular weight is 170 g/mol. The van der Waals surface area contributed by atoms with Crippen molar-refractivity contribution in [3.05, 3.63) is 12.7 Å². The lowest BCUT2D eigenvalue weighted by Gasteiger charge is -2.21. The number of carbonyl (C=O) groups is 1. The van der Waals surface area contributed by atoms with Crippen molar-refractivity contribution in [3.8, 4) is 0 Å². The first kappa shape index (κ1) is 11.4. The van der Waals surface area contributed by atoms with Gasteiger partial charge in [0.2, 0.25) is 0 Å². The van der Waals surface area contributed by atoms with Gasteiger partial charge in [-0.05, 0) is 20.3 Å². The van der Waals surface area contributed by atoms with Crippen molar-refractivity contribution in [1.82, 2.24) is 0 Å². The van der Waals surface area contributed by atoms with Crippen LogP contribution in [0.4, 0.5) is 0 Å². The highest BCUT2D eigenvalue weighted by molar-refractivity contribution is 5.79. The Morgan fingerprint density at radius 3 is 2.58 bits per heavy atom. The molecule has 0 saturated heterocycles. The molecule has 0 N–H and O–H groups in total. The van der Waals surface area contributed by atoms with E-state index in [-0.39, 0.29) is 11.4 Å². The number of hydrogen-bond donors (Lipinski definition) is 0. The Kier molecular flexibility index (Phi) is 4.83. The molecule has 0 aliphatic heterocycles. The largest absolute Gasteiger partial charge is 0.379 e. The monoisotopic (exact) mass is 170 g/mol. The van der Waals surface area contributed by atoms with Crippen molar-refractivity contribution in [2.45, 2.75) is 38.7 Å². The number of allylic oxidation sites excluding steroid dienone is 1. The summed E-state index contributed by atoms with van der Waals surface area (Å²) in [6, 6.07) is 0. The van der Waals surface area contributed by atoms with Crippen LogP contribution in [0, 0.1) is 0 Å². The number of hydrogen-bond acceptors (Lipinski definition) is 2. The molecule has 0 rings (SSSR count). The predicted molar refractivity (Wildman–Crippen MR) is 50.1 cm³/mol. The Morgan fingerprint density at radius 1 is 1.58 bits per heavy atom. The Labute approximate surface area is 74.6 Å². The summed E-state index contributed by atoms with van der Waals surface area (Å²) < 4.78 is 5.19. The number of rotatable bonds is 6. The second-order valence-corrected chi connectivity index (χ2v) is 3.50. The van der Waals surface area contributed by atoms with E-state index in [9.17, 15) is 4.79 Å². The quantitative estimate of drug-likeness (QED) is 0.572. The molecule has 0 fully saturated rings. The van der Waals surface area contributed by atoms with Crippen molar-refractivity contribution in [3.63, 3.8) is 0 Å². The molecule has 70 valence electrons. The zero-order valence-electron chi connectivity index (χ0n) is 8.22. The van der Waals surface area contributed by atoms with Gasteiger partial charge in [-0.25, -0.2) is 0 Å². The Bertz CT molecular complexity index is 159. The van der Waals surface area contributed by atoms with Gasteiger partial charge in [0, 0.05) is 20.0 Å². The Morgan fingerprint density at radius 2 is 2.17 bits per heavy atom. The summed E-state index contributed by atoms with van der Waals surface area (Å²) in [5, 5.41) is 0. The lowest BCUT2D eigenvalue weighted by atomic mass is 10.00. The molecule has 2 heteroatoms. The maximum absolute atomic E-state index is 11.1. The molecule has 0 aromatic heterocycles. The molecule has 0 amide bonds.